The summed E-state index contributed by atoms with van der Waals surface area (Å²) < 4.78 is 1.80. The first-order chi connectivity index (χ1) is 11.0. The third kappa shape index (κ3) is 4.38. The fraction of sp³-hybridized carbons (Fsp3) is 0.375. The van der Waals surface area contributed by atoms with Crippen molar-refractivity contribution < 1.29 is 9.59 Å². The lowest BCUT2D eigenvalue weighted by molar-refractivity contribution is -0.136. The molecule has 2 rings (SSSR count). The molecule has 0 aliphatic carbocycles. The summed E-state index contributed by atoms with van der Waals surface area (Å²) in [5, 5.41) is 12.8. The summed E-state index contributed by atoms with van der Waals surface area (Å²) >= 11 is 0. The van der Waals surface area contributed by atoms with E-state index in [1.54, 1.807) is 17.0 Å². The van der Waals surface area contributed by atoms with Crippen LogP contribution < -0.4 is 10.6 Å². The van der Waals surface area contributed by atoms with E-state index in [1.807, 2.05) is 25.1 Å². The number of amides is 2. The van der Waals surface area contributed by atoms with E-state index in [0.29, 0.717) is 24.0 Å². The molecule has 2 N–H and O–H groups in total. The van der Waals surface area contributed by atoms with Gasteiger partial charge < -0.3 is 15.2 Å². The third-order valence-corrected chi connectivity index (χ3v) is 3.46. The van der Waals surface area contributed by atoms with E-state index in [0.717, 1.165) is 5.56 Å². The van der Waals surface area contributed by atoms with E-state index in [2.05, 4.69) is 34.7 Å². The molecule has 1 aromatic heterocycles. The molecule has 2 amide bonds. The van der Waals surface area contributed by atoms with Gasteiger partial charge in [-0.2, -0.15) is 0 Å². The van der Waals surface area contributed by atoms with Crippen molar-refractivity contribution in [1.29, 1.82) is 0 Å². The maximum absolute atomic E-state index is 11.9. The Morgan fingerprint density at radius 2 is 2.04 bits per heavy atom. The van der Waals surface area contributed by atoms with Gasteiger partial charge in [0.2, 0.25) is 0 Å². The molecule has 23 heavy (non-hydrogen) atoms. The summed E-state index contributed by atoms with van der Waals surface area (Å²) in [7, 11) is 0. The van der Waals surface area contributed by atoms with Gasteiger partial charge in [-0.15, -0.1) is 10.2 Å². The van der Waals surface area contributed by atoms with Crippen molar-refractivity contribution in [2.45, 2.75) is 39.8 Å². The molecule has 1 heterocycles. The molecule has 0 aliphatic rings. The molecule has 0 fully saturated rings. The van der Waals surface area contributed by atoms with Gasteiger partial charge in [0.05, 0.1) is 6.54 Å². The average molecular weight is 315 g/mol. The Hall–Kier alpha value is -2.70. The number of hydrogen-bond donors (Lipinski definition) is 2. The maximum Gasteiger partial charge on any atom is 0.313 e. The largest absolute Gasteiger partial charge is 0.341 e. The van der Waals surface area contributed by atoms with Gasteiger partial charge in [0, 0.05) is 12.2 Å². The first kappa shape index (κ1) is 16.7. The highest BCUT2D eigenvalue weighted by molar-refractivity contribution is 6.39. The zero-order chi connectivity index (χ0) is 16.8. The van der Waals surface area contributed by atoms with Gasteiger partial charge in [-0.1, -0.05) is 26.0 Å². The molecule has 0 atom stereocenters. The Kier molecular flexibility index (Phi) is 5.46. The van der Waals surface area contributed by atoms with Crippen LogP contribution in [0.3, 0.4) is 0 Å². The molecule has 0 spiro atoms. The number of aromatic nitrogens is 3. The molecule has 1 aromatic carbocycles. The van der Waals surface area contributed by atoms with E-state index >= 15 is 0 Å². The minimum atomic E-state index is -0.703. The molecule has 7 heteroatoms. The van der Waals surface area contributed by atoms with Crippen LogP contribution in [-0.2, 0) is 22.7 Å². The second-order valence-electron chi connectivity index (χ2n) is 5.45. The van der Waals surface area contributed by atoms with Crippen LogP contribution in [0.1, 0.15) is 38.1 Å². The quantitative estimate of drug-likeness (QED) is 0.822. The summed E-state index contributed by atoms with van der Waals surface area (Å²) in [6.07, 6.45) is 1.58. The summed E-state index contributed by atoms with van der Waals surface area (Å²) in [6, 6.07) is 7.46. The van der Waals surface area contributed by atoms with Gasteiger partial charge in [-0.05, 0) is 30.5 Å². The highest BCUT2D eigenvalue weighted by Gasteiger charge is 2.15. The van der Waals surface area contributed by atoms with Gasteiger partial charge in [0.15, 0.2) is 5.82 Å². The number of aryl methyl sites for hydroxylation is 1. The average Bonchev–Trinajstić information content (AvgIpc) is 3.00. The Morgan fingerprint density at radius 1 is 1.26 bits per heavy atom. The lowest BCUT2D eigenvalue weighted by Gasteiger charge is -2.10. The number of anilines is 1. The molecule has 0 saturated heterocycles. The van der Waals surface area contributed by atoms with Crippen LogP contribution in [0.4, 0.5) is 5.69 Å². The normalized spacial score (nSPS) is 10.6. The van der Waals surface area contributed by atoms with Crippen LogP contribution in [0.15, 0.2) is 30.6 Å². The topological polar surface area (TPSA) is 88.9 Å². The van der Waals surface area contributed by atoms with E-state index in [1.165, 1.54) is 0 Å². The monoisotopic (exact) mass is 315 g/mol. The van der Waals surface area contributed by atoms with Crippen molar-refractivity contribution in [3.63, 3.8) is 0 Å². The Labute approximate surface area is 135 Å². The molecule has 2 aromatic rings. The molecular weight excluding hydrogens is 294 g/mol. The standard InChI is InChI=1S/C16H21N5O2/c1-4-21-10-18-20-14(21)9-17-15(22)16(23)19-13-7-5-6-12(8-13)11(2)3/h5-8,10-11H,4,9H2,1-3H3,(H,17,22)(H,19,23). The van der Waals surface area contributed by atoms with Crippen LogP contribution in [0, 0.1) is 0 Å². The van der Waals surface area contributed by atoms with E-state index < -0.39 is 11.8 Å². The van der Waals surface area contributed by atoms with Gasteiger partial charge in [0.25, 0.3) is 0 Å². The number of nitrogens with one attached hydrogen (secondary N) is 2. The van der Waals surface area contributed by atoms with Gasteiger partial charge in [0.1, 0.15) is 6.33 Å². The Morgan fingerprint density at radius 3 is 2.74 bits per heavy atom. The second kappa shape index (κ2) is 7.53. The van der Waals surface area contributed by atoms with Crippen molar-refractivity contribution in [3.05, 3.63) is 42.0 Å². The van der Waals surface area contributed by atoms with Crippen LogP contribution in [0.2, 0.25) is 0 Å². The number of nitrogens with zero attached hydrogens (tertiary/aromatic N) is 3. The van der Waals surface area contributed by atoms with Crippen LogP contribution >= 0.6 is 0 Å². The van der Waals surface area contributed by atoms with Crippen molar-refractivity contribution >= 4 is 17.5 Å². The van der Waals surface area contributed by atoms with E-state index in [4.69, 9.17) is 0 Å². The summed E-state index contributed by atoms with van der Waals surface area (Å²) in [5.41, 5.74) is 1.70. The lowest BCUT2D eigenvalue weighted by atomic mass is 10.0. The van der Waals surface area contributed by atoms with Crippen LogP contribution in [-0.4, -0.2) is 26.6 Å². The summed E-state index contributed by atoms with van der Waals surface area (Å²) in [6.45, 7) is 6.94. The summed E-state index contributed by atoms with van der Waals surface area (Å²) in [5.74, 6) is -0.449. The second-order valence-corrected chi connectivity index (χ2v) is 5.45. The van der Waals surface area contributed by atoms with Crippen LogP contribution in [0.5, 0.6) is 0 Å². The lowest BCUT2D eigenvalue weighted by Crippen LogP contribution is -2.35. The smallest absolute Gasteiger partial charge is 0.313 e. The van der Waals surface area contributed by atoms with E-state index in [-0.39, 0.29) is 6.54 Å². The number of carbonyl (C=O) groups is 2. The number of benzene rings is 1. The SMILES string of the molecule is CCn1cnnc1CNC(=O)C(=O)Nc1cccc(C(C)C)c1. The molecular formula is C16H21N5O2. The summed E-state index contributed by atoms with van der Waals surface area (Å²) in [4.78, 5) is 23.8. The molecule has 0 aliphatic heterocycles. The first-order valence-electron chi connectivity index (χ1n) is 7.57. The zero-order valence-corrected chi connectivity index (χ0v) is 13.5. The minimum Gasteiger partial charge on any atom is -0.341 e. The van der Waals surface area contributed by atoms with Gasteiger partial charge in [-0.3, -0.25) is 9.59 Å². The number of carbonyl (C=O) groups excluding carboxylic acids is 2. The van der Waals surface area contributed by atoms with Crippen molar-refractivity contribution in [2.75, 3.05) is 5.32 Å². The van der Waals surface area contributed by atoms with Crippen molar-refractivity contribution in [3.8, 4) is 0 Å². The molecule has 7 nitrogen and oxygen atoms in total. The molecule has 0 radical (unpaired) electrons. The van der Waals surface area contributed by atoms with Crippen molar-refractivity contribution in [2.24, 2.45) is 0 Å². The third-order valence-electron chi connectivity index (χ3n) is 3.46. The zero-order valence-electron chi connectivity index (χ0n) is 13.5. The maximum atomic E-state index is 11.9. The predicted molar refractivity (Wildman–Crippen MR) is 86.7 cm³/mol. The minimum absolute atomic E-state index is 0.159. The number of hydrogen-bond acceptors (Lipinski definition) is 4. The highest BCUT2D eigenvalue weighted by atomic mass is 16.2. The van der Waals surface area contributed by atoms with E-state index in [9.17, 15) is 9.59 Å². The highest BCUT2D eigenvalue weighted by Crippen LogP contribution is 2.18. The first-order valence-corrected chi connectivity index (χ1v) is 7.57. The van der Waals surface area contributed by atoms with Gasteiger partial charge in [-0.25, -0.2) is 0 Å². The molecule has 0 saturated carbocycles. The fourth-order valence-corrected chi connectivity index (χ4v) is 2.08. The van der Waals surface area contributed by atoms with Crippen LogP contribution in [0.25, 0.3) is 0 Å². The Bertz CT molecular complexity index is 693. The molecule has 0 bridgehead atoms. The number of rotatable bonds is 5. The predicted octanol–water partition coefficient (Wildman–Crippen LogP) is 1.68. The fourth-order valence-electron chi connectivity index (χ4n) is 2.08. The molecule has 122 valence electrons. The van der Waals surface area contributed by atoms with Crippen molar-refractivity contribution in [1.82, 2.24) is 20.1 Å². The molecule has 0 unspecified atom stereocenters. The van der Waals surface area contributed by atoms with Gasteiger partial charge >= 0.3 is 11.8 Å². The Balaban J connectivity index is 1.92.